The van der Waals surface area contributed by atoms with Gasteiger partial charge in [0.25, 0.3) is 11.1 Å². The van der Waals surface area contributed by atoms with E-state index in [4.69, 9.17) is 10.8 Å². The van der Waals surface area contributed by atoms with Gasteiger partial charge in [-0.3, -0.25) is 4.79 Å². The predicted molar refractivity (Wildman–Crippen MR) is 76.5 cm³/mol. The second-order valence-electron chi connectivity index (χ2n) is 4.22. The maximum absolute atomic E-state index is 12.6. The van der Waals surface area contributed by atoms with E-state index in [0.717, 1.165) is 23.9 Å². The quantitative estimate of drug-likeness (QED) is 0.669. The summed E-state index contributed by atoms with van der Waals surface area (Å²) in [6.07, 6.45) is 0.583. The lowest BCUT2D eigenvalue weighted by atomic mass is 10.1. The van der Waals surface area contributed by atoms with Crippen molar-refractivity contribution in [3.05, 3.63) is 41.3 Å². The summed E-state index contributed by atoms with van der Waals surface area (Å²) in [4.78, 5) is 11.9. The maximum atomic E-state index is 12.6. The van der Waals surface area contributed by atoms with E-state index in [1.54, 1.807) is 0 Å². The van der Waals surface area contributed by atoms with Crippen molar-refractivity contribution in [1.82, 2.24) is 15.5 Å². The Kier molecular flexibility index (Phi) is 5.28. The van der Waals surface area contributed by atoms with Crippen LogP contribution in [-0.4, -0.2) is 21.9 Å². The Morgan fingerprint density at radius 1 is 1.39 bits per heavy atom. The van der Waals surface area contributed by atoms with Gasteiger partial charge in [-0.15, -0.1) is 16.6 Å². The van der Waals surface area contributed by atoms with Gasteiger partial charge in [-0.25, -0.2) is 0 Å². The SMILES string of the molecule is C#CCSc1nnc(CNC(=O)c2cccc(C(F)(F)F)c2)o1. The Morgan fingerprint density at radius 3 is 2.87 bits per heavy atom. The number of alkyl halides is 3. The molecule has 0 saturated carbocycles. The molecule has 1 aromatic carbocycles. The first-order valence-corrected chi connectivity index (χ1v) is 7.23. The summed E-state index contributed by atoms with van der Waals surface area (Å²) in [6.45, 7) is -0.0985. The van der Waals surface area contributed by atoms with E-state index < -0.39 is 17.6 Å². The lowest BCUT2D eigenvalue weighted by Gasteiger charge is -2.08. The second kappa shape index (κ2) is 7.19. The first-order chi connectivity index (χ1) is 10.9. The van der Waals surface area contributed by atoms with Crippen molar-refractivity contribution in [2.24, 2.45) is 0 Å². The van der Waals surface area contributed by atoms with Crippen LogP contribution in [-0.2, 0) is 12.7 Å². The Bertz CT molecular complexity index is 737. The highest BCUT2D eigenvalue weighted by Crippen LogP contribution is 2.29. The molecule has 120 valence electrons. The standard InChI is InChI=1S/C14H10F3N3O2S/c1-2-6-23-13-20-19-11(22-13)8-18-12(21)9-4-3-5-10(7-9)14(15,16)17/h1,3-5,7H,6,8H2,(H,18,21). The monoisotopic (exact) mass is 341 g/mol. The number of halogens is 3. The summed E-state index contributed by atoms with van der Waals surface area (Å²) in [5.74, 6) is 2.20. The number of terminal acetylenes is 1. The molecule has 0 bridgehead atoms. The zero-order valence-electron chi connectivity index (χ0n) is 11.6. The fourth-order valence-electron chi connectivity index (χ4n) is 1.57. The molecule has 0 unspecified atom stereocenters. The molecule has 2 aromatic rings. The van der Waals surface area contributed by atoms with Crippen molar-refractivity contribution < 1.29 is 22.4 Å². The smallest absolute Gasteiger partial charge is 0.414 e. The van der Waals surface area contributed by atoms with E-state index in [1.165, 1.54) is 12.1 Å². The second-order valence-corrected chi connectivity index (χ2v) is 5.14. The van der Waals surface area contributed by atoms with Crippen LogP contribution in [0.5, 0.6) is 0 Å². The van der Waals surface area contributed by atoms with Crippen LogP contribution in [0.2, 0.25) is 0 Å². The van der Waals surface area contributed by atoms with Gasteiger partial charge < -0.3 is 9.73 Å². The molecule has 1 aromatic heterocycles. The molecule has 2 rings (SSSR count). The third-order valence-electron chi connectivity index (χ3n) is 2.58. The van der Waals surface area contributed by atoms with Crippen LogP contribution in [0.3, 0.4) is 0 Å². The van der Waals surface area contributed by atoms with Gasteiger partial charge in [0, 0.05) is 5.56 Å². The van der Waals surface area contributed by atoms with Crippen molar-refractivity contribution >= 4 is 17.7 Å². The summed E-state index contributed by atoms with van der Waals surface area (Å²) in [5, 5.41) is 10.1. The van der Waals surface area contributed by atoms with Crippen LogP contribution in [0.25, 0.3) is 0 Å². The molecule has 9 heteroatoms. The fraction of sp³-hybridized carbons (Fsp3) is 0.214. The molecule has 23 heavy (non-hydrogen) atoms. The van der Waals surface area contributed by atoms with E-state index in [9.17, 15) is 18.0 Å². The topological polar surface area (TPSA) is 68.0 Å². The van der Waals surface area contributed by atoms with E-state index in [1.807, 2.05) is 0 Å². The van der Waals surface area contributed by atoms with E-state index in [-0.39, 0.29) is 23.2 Å². The molecule has 5 nitrogen and oxygen atoms in total. The number of benzene rings is 1. The zero-order valence-corrected chi connectivity index (χ0v) is 12.4. The average Bonchev–Trinajstić information content (AvgIpc) is 2.98. The average molecular weight is 341 g/mol. The molecule has 0 fully saturated rings. The highest BCUT2D eigenvalue weighted by molar-refractivity contribution is 7.99. The Morgan fingerprint density at radius 2 is 2.17 bits per heavy atom. The maximum Gasteiger partial charge on any atom is 0.416 e. The van der Waals surface area contributed by atoms with Crippen molar-refractivity contribution in [3.8, 4) is 12.3 Å². The van der Waals surface area contributed by atoms with Gasteiger partial charge in [-0.05, 0) is 18.2 Å². The molecule has 0 saturated heterocycles. The van der Waals surface area contributed by atoms with Crippen LogP contribution in [0.4, 0.5) is 13.2 Å². The Labute approximate surface area is 133 Å². The highest BCUT2D eigenvalue weighted by atomic mass is 32.2. The molecular formula is C14H10F3N3O2S. The third kappa shape index (κ3) is 4.75. The lowest BCUT2D eigenvalue weighted by Crippen LogP contribution is -2.23. The number of hydrogen-bond donors (Lipinski definition) is 1. The largest absolute Gasteiger partial charge is 0.416 e. The van der Waals surface area contributed by atoms with Gasteiger partial charge in [0.15, 0.2) is 0 Å². The summed E-state index contributed by atoms with van der Waals surface area (Å²) < 4.78 is 43.0. The third-order valence-corrected chi connectivity index (χ3v) is 3.30. The molecule has 0 spiro atoms. The first kappa shape index (κ1) is 16.9. The number of amides is 1. The van der Waals surface area contributed by atoms with Gasteiger partial charge in [0.05, 0.1) is 17.9 Å². The number of nitrogens with one attached hydrogen (secondary N) is 1. The normalized spacial score (nSPS) is 11.0. The van der Waals surface area contributed by atoms with Gasteiger partial charge in [0.2, 0.25) is 5.89 Å². The highest BCUT2D eigenvalue weighted by Gasteiger charge is 2.30. The Hall–Kier alpha value is -2.47. The van der Waals surface area contributed by atoms with Gasteiger partial charge in [-0.2, -0.15) is 13.2 Å². The molecule has 1 heterocycles. The van der Waals surface area contributed by atoms with Crippen molar-refractivity contribution in [2.75, 3.05) is 5.75 Å². The molecular weight excluding hydrogens is 331 g/mol. The number of aromatic nitrogens is 2. The first-order valence-electron chi connectivity index (χ1n) is 6.24. The van der Waals surface area contributed by atoms with Crippen LogP contribution < -0.4 is 5.32 Å². The fourth-order valence-corrected chi connectivity index (χ4v) is 2.03. The minimum Gasteiger partial charge on any atom is -0.414 e. The van der Waals surface area contributed by atoms with Crippen molar-refractivity contribution in [3.63, 3.8) is 0 Å². The van der Waals surface area contributed by atoms with Crippen molar-refractivity contribution in [1.29, 1.82) is 0 Å². The van der Waals surface area contributed by atoms with Crippen LogP contribution in [0, 0.1) is 12.3 Å². The number of rotatable bonds is 5. The molecule has 0 atom stereocenters. The van der Waals surface area contributed by atoms with Crippen LogP contribution in [0.1, 0.15) is 21.8 Å². The van der Waals surface area contributed by atoms with Crippen LogP contribution >= 0.6 is 11.8 Å². The van der Waals surface area contributed by atoms with E-state index >= 15 is 0 Å². The van der Waals surface area contributed by atoms with Crippen molar-refractivity contribution in [2.45, 2.75) is 17.9 Å². The minimum absolute atomic E-state index is 0.0985. The predicted octanol–water partition coefficient (Wildman–Crippen LogP) is 2.74. The molecule has 0 radical (unpaired) electrons. The number of thioether (sulfide) groups is 1. The summed E-state index contributed by atoms with van der Waals surface area (Å²) in [7, 11) is 0. The number of hydrogen-bond acceptors (Lipinski definition) is 5. The van der Waals surface area contributed by atoms with E-state index in [2.05, 4.69) is 21.4 Å². The number of nitrogens with zero attached hydrogens (tertiary/aromatic N) is 2. The number of carbonyl (C=O) groups excluding carboxylic acids is 1. The van der Waals surface area contributed by atoms with Crippen LogP contribution in [0.15, 0.2) is 33.9 Å². The summed E-state index contributed by atoms with van der Waals surface area (Å²) >= 11 is 1.16. The summed E-state index contributed by atoms with van der Waals surface area (Å²) in [5.41, 5.74) is -1.00. The molecule has 1 N–H and O–H groups in total. The van der Waals surface area contributed by atoms with Gasteiger partial charge >= 0.3 is 6.18 Å². The van der Waals surface area contributed by atoms with Gasteiger partial charge in [0.1, 0.15) is 0 Å². The summed E-state index contributed by atoms with van der Waals surface area (Å²) in [6, 6.07) is 4.12. The number of carbonyl (C=O) groups is 1. The Balaban J connectivity index is 1.97. The molecule has 0 aliphatic carbocycles. The lowest BCUT2D eigenvalue weighted by molar-refractivity contribution is -0.137. The van der Waals surface area contributed by atoms with Gasteiger partial charge in [-0.1, -0.05) is 23.7 Å². The van der Waals surface area contributed by atoms with E-state index in [0.29, 0.717) is 5.75 Å². The molecule has 0 aliphatic rings. The zero-order chi connectivity index (χ0) is 16.9. The molecule has 1 amide bonds. The molecule has 0 aliphatic heterocycles. The minimum atomic E-state index is -4.51.